The number of hydrogen-bond acceptors (Lipinski definition) is 4. The van der Waals surface area contributed by atoms with Crippen LogP contribution in [0.1, 0.15) is 41.9 Å². The van der Waals surface area contributed by atoms with Crippen molar-refractivity contribution in [3.63, 3.8) is 0 Å². The molecular weight excluding hydrogens is 260 g/mol. The summed E-state index contributed by atoms with van der Waals surface area (Å²) >= 11 is 3.70. The van der Waals surface area contributed by atoms with Crippen LogP contribution in [0.25, 0.3) is 9.88 Å². The molecule has 1 unspecified atom stereocenters. The Balaban J connectivity index is 1.98. The third-order valence-electron chi connectivity index (χ3n) is 3.46. The monoisotopic (exact) mass is 278 g/mol. The molecule has 0 saturated carbocycles. The normalized spacial score (nSPS) is 18.9. The molecule has 0 fully saturated rings. The van der Waals surface area contributed by atoms with Gasteiger partial charge in [0.05, 0.1) is 10.6 Å². The van der Waals surface area contributed by atoms with E-state index in [2.05, 4.69) is 30.6 Å². The molecule has 0 aliphatic heterocycles. The minimum Gasteiger partial charge on any atom is -0.309 e. The van der Waals surface area contributed by atoms with Crippen molar-refractivity contribution in [3.05, 3.63) is 27.6 Å². The molecular formula is C14H18N2S2. The molecule has 1 N–H and O–H groups in total. The van der Waals surface area contributed by atoms with Crippen molar-refractivity contribution in [1.29, 1.82) is 0 Å². The topological polar surface area (TPSA) is 24.9 Å². The van der Waals surface area contributed by atoms with Gasteiger partial charge >= 0.3 is 0 Å². The minimum absolute atomic E-state index is 0.533. The first-order valence-electron chi connectivity index (χ1n) is 6.57. The van der Waals surface area contributed by atoms with E-state index in [1.807, 2.05) is 22.7 Å². The minimum atomic E-state index is 0.533. The van der Waals surface area contributed by atoms with Gasteiger partial charge in [0.1, 0.15) is 5.01 Å². The lowest BCUT2D eigenvalue weighted by molar-refractivity contribution is 0.476. The van der Waals surface area contributed by atoms with E-state index in [-0.39, 0.29) is 0 Å². The second-order valence-electron chi connectivity index (χ2n) is 4.77. The largest absolute Gasteiger partial charge is 0.309 e. The molecule has 0 radical (unpaired) electrons. The van der Waals surface area contributed by atoms with Crippen LogP contribution in [-0.4, -0.2) is 11.5 Å². The van der Waals surface area contributed by atoms with Gasteiger partial charge in [0.2, 0.25) is 0 Å². The molecule has 2 aromatic rings. The fourth-order valence-electron chi connectivity index (χ4n) is 2.55. The van der Waals surface area contributed by atoms with E-state index < -0.39 is 0 Å². The lowest BCUT2D eigenvalue weighted by Gasteiger charge is -2.21. The lowest BCUT2D eigenvalue weighted by atomic mass is 9.98. The van der Waals surface area contributed by atoms with Crippen LogP contribution in [-0.2, 0) is 6.42 Å². The van der Waals surface area contributed by atoms with E-state index >= 15 is 0 Å². The standard InChI is InChI=1S/C14H18N2S2/c1-3-15-10-5-4-6-11-13(10)18-14(16-11)12-9(2)7-8-17-12/h7-8,10,15H,3-6H2,1-2H3. The van der Waals surface area contributed by atoms with Crippen LogP contribution in [0.4, 0.5) is 0 Å². The summed E-state index contributed by atoms with van der Waals surface area (Å²) in [5.41, 5.74) is 2.69. The van der Waals surface area contributed by atoms with Crippen LogP contribution in [0.2, 0.25) is 0 Å². The van der Waals surface area contributed by atoms with Gasteiger partial charge in [-0.2, -0.15) is 0 Å². The van der Waals surface area contributed by atoms with Gasteiger partial charge in [-0.15, -0.1) is 22.7 Å². The highest BCUT2D eigenvalue weighted by atomic mass is 32.1. The van der Waals surface area contributed by atoms with Crippen molar-refractivity contribution in [2.45, 2.75) is 39.2 Å². The van der Waals surface area contributed by atoms with Gasteiger partial charge in [0, 0.05) is 10.9 Å². The predicted molar refractivity (Wildman–Crippen MR) is 79.5 cm³/mol. The first kappa shape index (κ1) is 12.3. The number of hydrogen-bond donors (Lipinski definition) is 1. The molecule has 1 aliphatic carbocycles. The van der Waals surface area contributed by atoms with Crippen molar-refractivity contribution in [2.75, 3.05) is 6.54 Å². The first-order valence-corrected chi connectivity index (χ1v) is 8.26. The number of rotatable bonds is 3. The summed E-state index contributed by atoms with van der Waals surface area (Å²) in [4.78, 5) is 7.70. The molecule has 0 spiro atoms. The van der Waals surface area contributed by atoms with Gasteiger partial charge in [0.25, 0.3) is 0 Å². The van der Waals surface area contributed by atoms with Gasteiger partial charge in [-0.25, -0.2) is 4.98 Å². The molecule has 0 aromatic carbocycles. The predicted octanol–water partition coefficient (Wildman–Crippen LogP) is 4.17. The average molecular weight is 278 g/mol. The third kappa shape index (κ3) is 2.13. The van der Waals surface area contributed by atoms with Crippen LogP contribution in [0.15, 0.2) is 11.4 Å². The quantitative estimate of drug-likeness (QED) is 0.911. The van der Waals surface area contributed by atoms with E-state index in [0.29, 0.717) is 6.04 Å². The van der Waals surface area contributed by atoms with E-state index in [0.717, 1.165) is 13.0 Å². The molecule has 0 amide bonds. The smallest absolute Gasteiger partial charge is 0.134 e. The fraction of sp³-hybridized carbons (Fsp3) is 0.500. The zero-order chi connectivity index (χ0) is 12.5. The summed E-state index contributed by atoms with van der Waals surface area (Å²) in [6.45, 7) is 5.39. The Labute approximate surface area is 116 Å². The third-order valence-corrected chi connectivity index (χ3v) is 5.84. The van der Waals surface area contributed by atoms with Gasteiger partial charge in [0.15, 0.2) is 0 Å². The molecule has 2 heterocycles. The number of thiazole rings is 1. The molecule has 4 heteroatoms. The highest BCUT2D eigenvalue weighted by Crippen LogP contribution is 2.40. The number of fused-ring (bicyclic) bond motifs is 1. The van der Waals surface area contributed by atoms with Crippen LogP contribution < -0.4 is 5.32 Å². The molecule has 2 nitrogen and oxygen atoms in total. The Morgan fingerprint density at radius 1 is 1.50 bits per heavy atom. The Kier molecular flexibility index (Phi) is 3.50. The first-order chi connectivity index (χ1) is 8.79. The zero-order valence-electron chi connectivity index (χ0n) is 10.8. The van der Waals surface area contributed by atoms with E-state index in [1.165, 1.54) is 38.9 Å². The maximum absolute atomic E-state index is 4.88. The second kappa shape index (κ2) is 5.11. The lowest BCUT2D eigenvalue weighted by Crippen LogP contribution is -2.23. The van der Waals surface area contributed by atoms with Crippen molar-refractivity contribution >= 4 is 22.7 Å². The highest BCUT2D eigenvalue weighted by Gasteiger charge is 2.24. The number of nitrogens with zero attached hydrogens (tertiary/aromatic N) is 1. The summed E-state index contributed by atoms with van der Waals surface area (Å²) in [5, 5.41) is 6.97. The summed E-state index contributed by atoms with van der Waals surface area (Å²) in [7, 11) is 0. The Bertz CT molecular complexity index is 542. The molecule has 1 aliphatic rings. The van der Waals surface area contributed by atoms with E-state index in [9.17, 15) is 0 Å². The van der Waals surface area contributed by atoms with Crippen molar-refractivity contribution in [1.82, 2.24) is 10.3 Å². The molecule has 2 aromatic heterocycles. The highest BCUT2D eigenvalue weighted by molar-refractivity contribution is 7.21. The Morgan fingerprint density at radius 3 is 3.11 bits per heavy atom. The Hall–Kier alpha value is -0.710. The van der Waals surface area contributed by atoms with Crippen LogP contribution in [0.3, 0.4) is 0 Å². The number of thiophene rings is 1. The molecule has 96 valence electrons. The van der Waals surface area contributed by atoms with Crippen molar-refractivity contribution < 1.29 is 0 Å². The average Bonchev–Trinajstić information content (AvgIpc) is 2.95. The maximum Gasteiger partial charge on any atom is 0.134 e. The zero-order valence-corrected chi connectivity index (χ0v) is 12.5. The molecule has 3 rings (SSSR count). The number of aromatic nitrogens is 1. The SMILES string of the molecule is CCNC1CCCc2nc(-c3sccc3C)sc21. The van der Waals surface area contributed by atoms with Gasteiger partial charge in [-0.05, 0) is 49.7 Å². The van der Waals surface area contributed by atoms with Crippen LogP contribution >= 0.6 is 22.7 Å². The molecule has 1 atom stereocenters. The fourth-order valence-corrected chi connectivity index (χ4v) is 4.85. The van der Waals surface area contributed by atoms with E-state index in [4.69, 9.17) is 4.98 Å². The van der Waals surface area contributed by atoms with Gasteiger partial charge in [-0.3, -0.25) is 0 Å². The molecule has 18 heavy (non-hydrogen) atoms. The summed E-state index contributed by atoms with van der Waals surface area (Å²) in [5.74, 6) is 0. The molecule has 0 bridgehead atoms. The van der Waals surface area contributed by atoms with Gasteiger partial charge in [-0.1, -0.05) is 6.92 Å². The van der Waals surface area contributed by atoms with Crippen LogP contribution in [0.5, 0.6) is 0 Å². The van der Waals surface area contributed by atoms with Crippen molar-refractivity contribution in [3.8, 4) is 9.88 Å². The van der Waals surface area contributed by atoms with Gasteiger partial charge < -0.3 is 5.32 Å². The number of aryl methyl sites for hydroxylation is 2. The summed E-state index contributed by atoms with van der Waals surface area (Å²) < 4.78 is 0. The van der Waals surface area contributed by atoms with Crippen molar-refractivity contribution in [2.24, 2.45) is 0 Å². The maximum atomic E-state index is 4.88. The van der Waals surface area contributed by atoms with Crippen LogP contribution in [0, 0.1) is 6.92 Å². The number of nitrogens with one attached hydrogen (secondary N) is 1. The molecule has 0 saturated heterocycles. The van der Waals surface area contributed by atoms with E-state index in [1.54, 1.807) is 0 Å². The second-order valence-corrected chi connectivity index (χ2v) is 6.71. The summed E-state index contributed by atoms with van der Waals surface area (Å²) in [6, 6.07) is 2.72. The summed E-state index contributed by atoms with van der Waals surface area (Å²) in [6.07, 6.45) is 3.67. The Morgan fingerprint density at radius 2 is 2.39 bits per heavy atom.